The van der Waals surface area contributed by atoms with Gasteiger partial charge in [0.15, 0.2) is 0 Å². The summed E-state index contributed by atoms with van der Waals surface area (Å²) >= 11 is 0. The van der Waals surface area contributed by atoms with Gasteiger partial charge in [0.2, 0.25) is 5.95 Å². The van der Waals surface area contributed by atoms with Crippen LogP contribution in [-0.4, -0.2) is 48.6 Å². The van der Waals surface area contributed by atoms with Gasteiger partial charge < -0.3 is 15.1 Å². The van der Waals surface area contributed by atoms with E-state index in [-0.39, 0.29) is 0 Å². The van der Waals surface area contributed by atoms with E-state index in [1.807, 2.05) is 12.3 Å². The molecule has 1 aromatic carbocycles. The number of hydrogen-bond donors (Lipinski definition) is 1. The molecule has 1 aromatic heterocycles. The van der Waals surface area contributed by atoms with Crippen LogP contribution >= 0.6 is 0 Å². The van der Waals surface area contributed by atoms with Crippen LogP contribution in [-0.2, 0) is 6.42 Å². The molecule has 0 unspecified atom stereocenters. The monoisotopic (exact) mass is 297 g/mol. The van der Waals surface area contributed by atoms with E-state index >= 15 is 0 Å². The molecule has 0 atom stereocenters. The van der Waals surface area contributed by atoms with Gasteiger partial charge in [0.25, 0.3) is 0 Å². The van der Waals surface area contributed by atoms with Crippen LogP contribution in [0.4, 0.5) is 17.5 Å². The SMILES string of the molecule is CN(C)CCNc1nccc(N2CCCc3ccccc32)n1. The molecule has 2 heterocycles. The molecule has 5 heteroatoms. The molecule has 5 nitrogen and oxygen atoms in total. The molecule has 116 valence electrons. The van der Waals surface area contributed by atoms with Gasteiger partial charge in [-0.05, 0) is 44.6 Å². The van der Waals surface area contributed by atoms with E-state index in [0.717, 1.165) is 38.3 Å². The summed E-state index contributed by atoms with van der Waals surface area (Å²) in [5.41, 5.74) is 2.67. The second kappa shape index (κ2) is 6.75. The van der Waals surface area contributed by atoms with E-state index in [1.54, 1.807) is 0 Å². The van der Waals surface area contributed by atoms with Gasteiger partial charge in [0.1, 0.15) is 5.82 Å². The van der Waals surface area contributed by atoms with Crippen molar-refractivity contribution < 1.29 is 0 Å². The Labute approximate surface area is 132 Å². The number of fused-ring (bicyclic) bond motifs is 1. The quantitative estimate of drug-likeness (QED) is 0.919. The molecule has 2 aromatic rings. The first-order valence-corrected chi connectivity index (χ1v) is 7.81. The number of nitrogens with one attached hydrogen (secondary N) is 1. The molecule has 0 spiro atoms. The zero-order chi connectivity index (χ0) is 15.4. The molecule has 0 saturated carbocycles. The van der Waals surface area contributed by atoms with Crippen LogP contribution in [0.15, 0.2) is 36.5 Å². The smallest absolute Gasteiger partial charge is 0.224 e. The number of aryl methyl sites for hydroxylation is 1. The highest BCUT2D eigenvalue weighted by atomic mass is 15.2. The molecule has 0 radical (unpaired) electrons. The van der Waals surface area contributed by atoms with Gasteiger partial charge in [-0.15, -0.1) is 0 Å². The molecular weight excluding hydrogens is 274 g/mol. The van der Waals surface area contributed by atoms with E-state index in [4.69, 9.17) is 0 Å². The maximum atomic E-state index is 4.68. The van der Waals surface area contributed by atoms with Crippen LogP contribution in [0.5, 0.6) is 0 Å². The van der Waals surface area contributed by atoms with Crippen LogP contribution in [0, 0.1) is 0 Å². The Hall–Kier alpha value is -2.14. The first kappa shape index (κ1) is 14.8. The lowest BCUT2D eigenvalue weighted by molar-refractivity contribution is 0.425. The third-order valence-electron chi connectivity index (χ3n) is 3.87. The highest BCUT2D eigenvalue weighted by Gasteiger charge is 2.18. The van der Waals surface area contributed by atoms with Crippen LogP contribution in [0.3, 0.4) is 0 Å². The molecule has 0 fully saturated rings. The fourth-order valence-electron chi connectivity index (χ4n) is 2.75. The summed E-state index contributed by atoms with van der Waals surface area (Å²) in [7, 11) is 4.12. The largest absolute Gasteiger partial charge is 0.353 e. The first-order valence-electron chi connectivity index (χ1n) is 7.81. The Kier molecular flexibility index (Phi) is 4.53. The van der Waals surface area contributed by atoms with Gasteiger partial charge in [-0.3, -0.25) is 0 Å². The Balaban J connectivity index is 1.78. The minimum Gasteiger partial charge on any atom is -0.353 e. The van der Waals surface area contributed by atoms with Gasteiger partial charge in [0.05, 0.1) is 0 Å². The lowest BCUT2D eigenvalue weighted by Gasteiger charge is -2.30. The summed E-state index contributed by atoms with van der Waals surface area (Å²) in [6.45, 7) is 2.80. The molecule has 0 aliphatic carbocycles. The van der Waals surface area contributed by atoms with Gasteiger partial charge in [-0.1, -0.05) is 18.2 Å². The number of benzene rings is 1. The topological polar surface area (TPSA) is 44.3 Å². The number of para-hydroxylation sites is 1. The minimum absolute atomic E-state index is 0.697. The second-order valence-electron chi connectivity index (χ2n) is 5.85. The van der Waals surface area contributed by atoms with Crippen molar-refractivity contribution in [3.8, 4) is 0 Å². The van der Waals surface area contributed by atoms with Crippen molar-refractivity contribution in [3.05, 3.63) is 42.1 Å². The summed E-state index contributed by atoms with van der Waals surface area (Å²) in [4.78, 5) is 13.4. The summed E-state index contributed by atoms with van der Waals surface area (Å²) in [6.07, 6.45) is 4.13. The van der Waals surface area contributed by atoms with Crippen molar-refractivity contribution in [1.29, 1.82) is 0 Å². The fraction of sp³-hybridized carbons (Fsp3) is 0.412. The third kappa shape index (κ3) is 3.36. The van der Waals surface area contributed by atoms with Crippen molar-refractivity contribution >= 4 is 17.5 Å². The zero-order valence-corrected chi connectivity index (χ0v) is 13.3. The Morgan fingerprint density at radius 3 is 2.95 bits per heavy atom. The predicted octanol–water partition coefficient (Wildman–Crippen LogP) is 2.53. The first-order chi connectivity index (χ1) is 10.7. The predicted molar refractivity (Wildman–Crippen MR) is 90.8 cm³/mol. The lowest BCUT2D eigenvalue weighted by atomic mass is 10.0. The van der Waals surface area contributed by atoms with Gasteiger partial charge in [0, 0.05) is 31.5 Å². The molecule has 1 N–H and O–H groups in total. The van der Waals surface area contributed by atoms with E-state index < -0.39 is 0 Å². The highest BCUT2D eigenvalue weighted by molar-refractivity contribution is 5.65. The maximum absolute atomic E-state index is 4.68. The molecule has 0 saturated heterocycles. The maximum Gasteiger partial charge on any atom is 0.224 e. The average Bonchev–Trinajstić information content (AvgIpc) is 2.54. The van der Waals surface area contributed by atoms with Gasteiger partial charge in [-0.2, -0.15) is 4.98 Å². The standard InChI is InChI=1S/C17H23N5/c1-21(2)13-11-19-17-18-10-9-16(20-17)22-12-5-7-14-6-3-4-8-15(14)22/h3-4,6,8-10H,5,7,11-13H2,1-2H3,(H,18,19,20). The summed E-state index contributed by atoms with van der Waals surface area (Å²) < 4.78 is 0. The van der Waals surface area contributed by atoms with E-state index in [0.29, 0.717) is 5.95 Å². The van der Waals surface area contributed by atoms with Crippen molar-refractivity contribution in [3.63, 3.8) is 0 Å². The van der Waals surface area contributed by atoms with Crippen LogP contribution < -0.4 is 10.2 Å². The Morgan fingerprint density at radius 2 is 2.09 bits per heavy atom. The number of aromatic nitrogens is 2. The molecule has 0 amide bonds. The van der Waals surface area contributed by atoms with Crippen LogP contribution in [0.2, 0.25) is 0 Å². The number of likely N-dealkylation sites (N-methyl/N-ethyl adjacent to an activating group) is 1. The van der Waals surface area contributed by atoms with Gasteiger partial charge >= 0.3 is 0 Å². The zero-order valence-electron chi connectivity index (χ0n) is 13.3. The van der Waals surface area contributed by atoms with E-state index in [9.17, 15) is 0 Å². The van der Waals surface area contributed by atoms with Gasteiger partial charge in [-0.25, -0.2) is 4.98 Å². The molecule has 22 heavy (non-hydrogen) atoms. The average molecular weight is 297 g/mol. The third-order valence-corrected chi connectivity index (χ3v) is 3.87. The second-order valence-corrected chi connectivity index (χ2v) is 5.85. The normalized spacial score (nSPS) is 14.0. The Bertz CT molecular complexity index is 626. The Morgan fingerprint density at radius 1 is 1.23 bits per heavy atom. The number of anilines is 3. The van der Waals surface area contributed by atoms with E-state index in [1.165, 1.54) is 11.3 Å². The highest BCUT2D eigenvalue weighted by Crippen LogP contribution is 2.32. The summed E-state index contributed by atoms with van der Waals surface area (Å²) in [5.74, 6) is 1.66. The van der Waals surface area contributed by atoms with Crippen molar-refractivity contribution in [2.24, 2.45) is 0 Å². The van der Waals surface area contributed by atoms with E-state index in [2.05, 4.69) is 63.4 Å². The molecule has 1 aliphatic rings. The fourth-order valence-corrected chi connectivity index (χ4v) is 2.75. The van der Waals surface area contributed by atoms with Crippen LogP contribution in [0.1, 0.15) is 12.0 Å². The lowest BCUT2D eigenvalue weighted by Crippen LogP contribution is -2.26. The number of hydrogen-bond acceptors (Lipinski definition) is 5. The molecular formula is C17H23N5. The minimum atomic E-state index is 0.697. The van der Waals surface area contributed by atoms with Crippen molar-refractivity contribution in [1.82, 2.24) is 14.9 Å². The number of nitrogens with zero attached hydrogens (tertiary/aromatic N) is 4. The summed E-state index contributed by atoms with van der Waals surface area (Å²) in [6, 6.07) is 10.6. The molecule has 3 rings (SSSR count). The molecule has 0 bridgehead atoms. The van der Waals surface area contributed by atoms with Crippen molar-refractivity contribution in [2.75, 3.05) is 43.9 Å². The molecule has 1 aliphatic heterocycles. The number of rotatable bonds is 5. The van der Waals surface area contributed by atoms with Crippen LogP contribution in [0.25, 0.3) is 0 Å². The summed E-state index contributed by atoms with van der Waals surface area (Å²) in [5, 5.41) is 3.29. The van der Waals surface area contributed by atoms with Crippen molar-refractivity contribution in [2.45, 2.75) is 12.8 Å².